The van der Waals surface area contributed by atoms with Crippen molar-refractivity contribution in [2.45, 2.75) is 25.0 Å². The molecule has 1 aliphatic rings. The molecule has 3 rings (SSSR count). The normalized spacial score (nSPS) is 18.3. The zero-order valence-electron chi connectivity index (χ0n) is 15.2. The van der Waals surface area contributed by atoms with Gasteiger partial charge in [-0.2, -0.15) is 5.10 Å². The summed E-state index contributed by atoms with van der Waals surface area (Å²) in [5.74, 6) is -0.501. The lowest BCUT2D eigenvalue weighted by Gasteiger charge is -2.21. The second kappa shape index (κ2) is 9.52. The number of halogens is 1. The van der Waals surface area contributed by atoms with Crippen LogP contribution >= 0.6 is 23.4 Å². The Morgan fingerprint density at radius 3 is 2.64 bits per heavy atom. The van der Waals surface area contributed by atoms with E-state index in [0.29, 0.717) is 15.9 Å². The van der Waals surface area contributed by atoms with Crippen LogP contribution in [-0.4, -0.2) is 28.4 Å². The van der Waals surface area contributed by atoms with Crippen LogP contribution in [0, 0.1) is 0 Å². The van der Waals surface area contributed by atoms with Crippen molar-refractivity contribution < 1.29 is 9.59 Å². The lowest BCUT2D eigenvalue weighted by atomic mass is 10.1. The second-order valence-corrected chi connectivity index (χ2v) is 7.73. The number of benzene rings is 2. The highest BCUT2D eigenvalue weighted by atomic mass is 35.5. The quantitative estimate of drug-likeness (QED) is 0.575. The number of carbonyl (C=O) groups excluding carboxylic acids is 2. The Labute approximate surface area is 172 Å². The number of thioether (sulfide) groups is 1. The third kappa shape index (κ3) is 5.68. The Morgan fingerprint density at radius 1 is 1.25 bits per heavy atom. The number of rotatable bonds is 5. The summed E-state index contributed by atoms with van der Waals surface area (Å²) in [6.45, 7) is 2.07. The van der Waals surface area contributed by atoms with E-state index in [1.807, 2.05) is 24.3 Å². The highest BCUT2D eigenvalue weighted by molar-refractivity contribution is 8.15. The Balaban J connectivity index is 1.63. The standard InChI is InChI=1S/C20H19ClN4O2S/c1-2-13-5-9-16(10-6-13)23-19(27)17-11-18(26)24-20(28-17)25-22-12-14-3-7-15(21)8-4-14/h3-10,12,17H,2,11H2,1H3,(H,23,27)(H,24,25,26). The minimum Gasteiger partial charge on any atom is -0.325 e. The van der Waals surface area contributed by atoms with Gasteiger partial charge in [0.1, 0.15) is 5.25 Å². The Morgan fingerprint density at radius 2 is 1.96 bits per heavy atom. The predicted molar refractivity (Wildman–Crippen MR) is 115 cm³/mol. The van der Waals surface area contributed by atoms with Crippen molar-refractivity contribution in [2.24, 2.45) is 10.2 Å². The summed E-state index contributed by atoms with van der Waals surface area (Å²) in [5, 5.41) is 13.8. The average molecular weight is 415 g/mol. The van der Waals surface area contributed by atoms with E-state index < -0.39 is 5.25 Å². The molecule has 0 bridgehead atoms. The van der Waals surface area contributed by atoms with E-state index >= 15 is 0 Å². The SMILES string of the molecule is CCc1ccc(NC(=O)C2CC(=O)NC(=NN=Cc3ccc(Cl)cc3)S2)cc1. The molecule has 8 heteroatoms. The molecule has 2 aromatic carbocycles. The van der Waals surface area contributed by atoms with Crippen molar-refractivity contribution in [3.63, 3.8) is 0 Å². The highest BCUT2D eigenvalue weighted by Gasteiger charge is 2.30. The fraction of sp³-hybridized carbons (Fsp3) is 0.200. The van der Waals surface area contributed by atoms with Crippen LogP contribution in [0.5, 0.6) is 0 Å². The largest absolute Gasteiger partial charge is 0.325 e. The molecule has 1 unspecified atom stereocenters. The Kier molecular flexibility index (Phi) is 6.84. The Hall–Kier alpha value is -2.64. The van der Waals surface area contributed by atoms with Crippen molar-refractivity contribution in [2.75, 3.05) is 5.32 Å². The Bertz CT molecular complexity index is 911. The molecule has 1 fully saturated rings. The molecule has 0 saturated carbocycles. The molecule has 2 aromatic rings. The van der Waals surface area contributed by atoms with E-state index in [4.69, 9.17) is 11.6 Å². The first kappa shape index (κ1) is 20.1. The first-order valence-corrected chi connectivity index (χ1v) is 10.0. The van der Waals surface area contributed by atoms with Crippen molar-refractivity contribution in [3.8, 4) is 0 Å². The van der Waals surface area contributed by atoms with Gasteiger partial charge in [0.05, 0.1) is 6.21 Å². The van der Waals surface area contributed by atoms with Gasteiger partial charge >= 0.3 is 0 Å². The van der Waals surface area contributed by atoms with E-state index in [1.165, 1.54) is 17.3 Å². The minimum absolute atomic E-state index is 0.0868. The maximum Gasteiger partial charge on any atom is 0.238 e. The fourth-order valence-corrected chi connectivity index (χ4v) is 3.55. The molecular formula is C20H19ClN4O2S. The van der Waals surface area contributed by atoms with Gasteiger partial charge in [0.15, 0.2) is 5.17 Å². The van der Waals surface area contributed by atoms with Gasteiger partial charge in [0, 0.05) is 17.1 Å². The number of aryl methyl sites for hydroxylation is 1. The van der Waals surface area contributed by atoms with E-state index in [2.05, 4.69) is 27.8 Å². The number of anilines is 1. The van der Waals surface area contributed by atoms with E-state index in [9.17, 15) is 9.59 Å². The van der Waals surface area contributed by atoms with Crippen molar-refractivity contribution in [1.29, 1.82) is 0 Å². The van der Waals surface area contributed by atoms with E-state index in [-0.39, 0.29) is 18.2 Å². The number of amidine groups is 1. The van der Waals surface area contributed by atoms with Crippen LogP contribution in [0.25, 0.3) is 0 Å². The highest BCUT2D eigenvalue weighted by Crippen LogP contribution is 2.22. The smallest absolute Gasteiger partial charge is 0.238 e. The topological polar surface area (TPSA) is 82.9 Å². The maximum absolute atomic E-state index is 12.5. The van der Waals surface area contributed by atoms with E-state index in [0.717, 1.165) is 12.0 Å². The molecule has 28 heavy (non-hydrogen) atoms. The molecule has 1 heterocycles. The zero-order chi connectivity index (χ0) is 19.9. The maximum atomic E-state index is 12.5. The van der Waals surface area contributed by atoms with Gasteiger partial charge in [0.2, 0.25) is 11.8 Å². The molecule has 144 valence electrons. The molecule has 0 spiro atoms. The summed E-state index contributed by atoms with van der Waals surface area (Å²) in [7, 11) is 0. The summed E-state index contributed by atoms with van der Waals surface area (Å²) in [6.07, 6.45) is 2.57. The molecule has 2 amide bonds. The first-order valence-electron chi connectivity index (χ1n) is 8.76. The third-order valence-corrected chi connectivity index (χ3v) is 5.34. The average Bonchev–Trinajstić information content (AvgIpc) is 2.69. The molecule has 0 aromatic heterocycles. The van der Waals surface area contributed by atoms with Crippen LogP contribution in [0.3, 0.4) is 0 Å². The molecule has 0 radical (unpaired) electrons. The first-order chi connectivity index (χ1) is 13.5. The summed E-state index contributed by atoms with van der Waals surface area (Å²) in [4.78, 5) is 24.5. The minimum atomic E-state index is -0.566. The summed E-state index contributed by atoms with van der Waals surface area (Å²) in [5.41, 5.74) is 2.72. The van der Waals surface area contributed by atoms with Crippen LogP contribution in [0.1, 0.15) is 24.5 Å². The molecule has 1 saturated heterocycles. The third-order valence-electron chi connectivity index (χ3n) is 4.02. The van der Waals surface area contributed by atoms with Gasteiger partial charge in [0.25, 0.3) is 0 Å². The van der Waals surface area contributed by atoms with Crippen LogP contribution in [0.2, 0.25) is 5.02 Å². The van der Waals surface area contributed by atoms with Gasteiger partial charge in [-0.05, 0) is 41.8 Å². The fourth-order valence-electron chi connectivity index (χ4n) is 2.48. The van der Waals surface area contributed by atoms with Crippen LogP contribution in [-0.2, 0) is 16.0 Å². The number of hydrogen-bond donors (Lipinski definition) is 2. The molecule has 6 nitrogen and oxygen atoms in total. The zero-order valence-corrected chi connectivity index (χ0v) is 16.8. The number of amides is 2. The van der Waals surface area contributed by atoms with Crippen molar-refractivity contribution >= 4 is 52.2 Å². The van der Waals surface area contributed by atoms with E-state index in [1.54, 1.807) is 30.5 Å². The van der Waals surface area contributed by atoms with Crippen LogP contribution in [0.4, 0.5) is 5.69 Å². The molecule has 1 atom stereocenters. The molecule has 0 aliphatic carbocycles. The molecule has 1 aliphatic heterocycles. The number of carbonyl (C=O) groups is 2. The number of nitrogens with one attached hydrogen (secondary N) is 2. The summed E-state index contributed by atoms with van der Waals surface area (Å²) >= 11 is 7.02. The van der Waals surface area contributed by atoms with Crippen LogP contribution < -0.4 is 10.6 Å². The number of nitrogens with zero attached hydrogens (tertiary/aromatic N) is 2. The van der Waals surface area contributed by atoms with Gasteiger partial charge in [-0.25, -0.2) is 0 Å². The number of hydrogen-bond acceptors (Lipinski definition) is 5. The molecule has 2 N–H and O–H groups in total. The van der Waals surface area contributed by atoms with Gasteiger partial charge in [-0.15, -0.1) is 5.10 Å². The molecular weight excluding hydrogens is 396 g/mol. The second-order valence-electron chi connectivity index (χ2n) is 6.10. The van der Waals surface area contributed by atoms with Crippen molar-refractivity contribution in [3.05, 3.63) is 64.7 Å². The lowest BCUT2D eigenvalue weighted by molar-refractivity contribution is -0.123. The lowest BCUT2D eigenvalue weighted by Crippen LogP contribution is -2.41. The van der Waals surface area contributed by atoms with Gasteiger partial charge in [-0.3, -0.25) is 9.59 Å². The van der Waals surface area contributed by atoms with Crippen molar-refractivity contribution in [1.82, 2.24) is 5.32 Å². The summed E-state index contributed by atoms with van der Waals surface area (Å²) < 4.78 is 0. The van der Waals surface area contributed by atoms with Crippen LogP contribution in [0.15, 0.2) is 58.7 Å². The van der Waals surface area contributed by atoms with Gasteiger partial charge in [-0.1, -0.05) is 54.6 Å². The monoisotopic (exact) mass is 414 g/mol. The predicted octanol–water partition coefficient (Wildman–Crippen LogP) is 3.85. The van der Waals surface area contributed by atoms with Gasteiger partial charge < -0.3 is 10.6 Å². The summed E-state index contributed by atoms with van der Waals surface area (Å²) in [6, 6.07) is 14.8.